The van der Waals surface area contributed by atoms with Crippen LogP contribution in [0, 0.1) is 11.3 Å². The van der Waals surface area contributed by atoms with E-state index in [1.165, 1.54) is 0 Å². The molecule has 6 nitrogen and oxygen atoms in total. The van der Waals surface area contributed by atoms with Gasteiger partial charge < -0.3 is 15.2 Å². The lowest BCUT2D eigenvalue weighted by atomic mass is 10.4. The maximum Gasteiger partial charge on any atom is 0.240 e. The smallest absolute Gasteiger partial charge is 0.240 e. The molecule has 1 aromatic heterocycles. The summed E-state index contributed by atoms with van der Waals surface area (Å²) in [6.45, 7) is 5.38. The third kappa shape index (κ3) is 4.97. The second kappa shape index (κ2) is 7.45. The summed E-state index contributed by atoms with van der Waals surface area (Å²) in [6.07, 6.45) is 3.79. The Morgan fingerprint density at radius 3 is 3.06 bits per heavy atom. The van der Waals surface area contributed by atoms with Gasteiger partial charge in [0.1, 0.15) is 12.4 Å². The first-order chi connectivity index (χ1) is 8.63. The Hall–Kier alpha value is -1.87. The molecule has 0 aliphatic carbocycles. The molecular weight excluding hydrogens is 230 g/mol. The van der Waals surface area contributed by atoms with Crippen LogP contribution in [0.5, 0.6) is 0 Å². The van der Waals surface area contributed by atoms with Crippen LogP contribution in [0.2, 0.25) is 0 Å². The summed E-state index contributed by atoms with van der Waals surface area (Å²) in [5.74, 6) is 0.730. The van der Waals surface area contributed by atoms with Crippen LogP contribution in [0.3, 0.4) is 0 Å². The van der Waals surface area contributed by atoms with E-state index in [2.05, 4.69) is 29.5 Å². The summed E-state index contributed by atoms with van der Waals surface area (Å²) in [7, 11) is 0. The fourth-order valence-corrected chi connectivity index (χ4v) is 1.42. The van der Waals surface area contributed by atoms with Crippen LogP contribution in [-0.2, 0) is 17.9 Å². The molecule has 1 aromatic rings. The number of imidazole rings is 1. The Balaban J connectivity index is 2.44. The number of carbonyl (C=O) groups is 1. The number of carbonyl (C=O) groups excluding carboxylic acids is 1. The Kier molecular flexibility index (Phi) is 5.88. The Morgan fingerprint density at radius 2 is 2.39 bits per heavy atom. The maximum atomic E-state index is 11.6. The summed E-state index contributed by atoms with van der Waals surface area (Å²) in [4.78, 5) is 15.8. The number of nitriles is 1. The summed E-state index contributed by atoms with van der Waals surface area (Å²) >= 11 is 0. The highest BCUT2D eigenvalue weighted by molar-refractivity contribution is 5.75. The Morgan fingerprint density at radius 1 is 1.61 bits per heavy atom. The fourth-order valence-electron chi connectivity index (χ4n) is 1.42. The van der Waals surface area contributed by atoms with E-state index in [0.717, 1.165) is 5.82 Å². The van der Waals surface area contributed by atoms with Gasteiger partial charge in [0.15, 0.2) is 0 Å². The minimum absolute atomic E-state index is 0.103. The van der Waals surface area contributed by atoms with Crippen LogP contribution in [0.25, 0.3) is 0 Å². The SMILES string of the molecule is CC(C)NCc1nccn1CC(=O)NCCC#N. The van der Waals surface area contributed by atoms with Gasteiger partial charge in [0.05, 0.1) is 19.0 Å². The lowest BCUT2D eigenvalue weighted by molar-refractivity contribution is -0.121. The average molecular weight is 249 g/mol. The van der Waals surface area contributed by atoms with Crippen molar-refractivity contribution in [2.24, 2.45) is 0 Å². The fraction of sp³-hybridized carbons (Fsp3) is 0.583. The first-order valence-electron chi connectivity index (χ1n) is 6.00. The van der Waals surface area contributed by atoms with Gasteiger partial charge in [-0.05, 0) is 0 Å². The molecule has 18 heavy (non-hydrogen) atoms. The molecular formula is C12H19N5O. The van der Waals surface area contributed by atoms with E-state index in [9.17, 15) is 4.79 Å². The molecule has 0 aliphatic rings. The zero-order chi connectivity index (χ0) is 13.4. The van der Waals surface area contributed by atoms with Crippen molar-refractivity contribution in [3.05, 3.63) is 18.2 Å². The van der Waals surface area contributed by atoms with Gasteiger partial charge in [-0.1, -0.05) is 13.8 Å². The van der Waals surface area contributed by atoms with Crippen molar-refractivity contribution < 1.29 is 4.79 Å². The number of nitrogens with zero attached hydrogens (tertiary/aromatic N) is 3. The van der Waals surface area contributed by atoms with Crippen LogP contribution < -0.4 is 10.6 Å². The molecule has 0 aromatic carbocycles. The molecule has 0 fully saturated rings. The van der Waals surface area contributed by atoms with Gasteiger partial charge >= 0.3 is 0 Å². The number of hydrogen-bond donors (Lipinski definition) is 2. The van der Waals surface area contributed by atoms with Gasteiger partial charge in [0.25, 0.3) is 0 Å². The molecule has 98 valence electrons. The van der Waals surface area contributed by atoms with E-state index < -0.39 is 0 Å². The minimum atomic E-state index is -0.103. The summed E-state index contributed by atoms with van der Waals surface area (Å²) in [5.41, 5.74) is 0. The number of hydrogen-bond acceptors (Lipinski definition) is 4. The van der Waals surface area contributed by atoms with Crippen molar-refractivity contribution in [2.45, 2.75) is 39.4 Å². The normalized spacial score (nSPS) is 10.3. The van der Waals surface area contributed by atoms with Gasteiger partial charge in [-0.25, -0.2) is 4.98 Å². The highest BCUT2D eigenvalue weighted by Gasteiger charge is 2.07. The van der Waals surface area contributed by atoms with Crippen LogP contribution in [-0.4, -0.2) is 28.0 Å². The first kappa shape index (κ1) is 14.2. The third-order valence-electron chi connectivity index (χ3n) is 2.34. The van der Waals surface area contributed by atoms with Crippen LogP contribution in [0.15, 0.2) is 12.4 Å². The topological polar surface area (TPSA) is 82.7 Å². The molecule has 0 saturated heterocycles. The molecule has 0 radical (unpaired) electrons. The van der Waals surface area contributed by atoms with Crippen molar-refractivity contribution in [3.8, 4) is 6.07 Å². The zero-order valence-electron chi connectivity index (χ0n) is 10.8. The Bertz CT molecular complexity index is 418. The highest BCUT2D eigenvalue weighted by atomic mass is 16.1. The molecule has 1 heterocycles. The van der Waals surface area contributed by atoms with Crippen molar-refractivity contribution in [3.63, 3.8) is 0 Å². The predicted octanol–water partition coefficient (Wildman–Crippen LogP) is 0.411. The molecule has 0 aliphatic heterocycles. The van der Waals surface area contributed by atoms with Gasteiger partial charge in [0.2, 0.25) is 5.91 Å². The number of nitrogens with one attached hydrogen (secondary N) is 2. The number of rotatable bonds is 7. The van der Waals surface area contributed by atoms with Crippen LogP contribution in [0.1, 0.15) is 26.1 Å². The molecule has 1 amide bonds. The van der Waals surface area contributed by atoms with Crippen molar-refractivity contribution in [1.29, 1.82) is 5.26 Å². The van der Waals surface area contributed by atoms with Gasteiger partial charge in [-0.2, -0.15) is 5.26 Å². The van der Waals surface area contributed by atoms with Crippen molar-refractivity contribution in [2.75, 3.05) is 6.54 Å². The van der Waals surface area contributed by atoms with Gasteiger partial charge in [0, 0.05) is 25.0 Å². The number of amides is 1. The van der Waals surface area contributed by atoms with Crippen LogP contribution >= 0.6 is 0 Å². The molecule has 2 N–H and O–H groups in total. The average Bonchev–Trinajstić information content (AvgIpc) is 2.74. The molecule has 0 atom stereocenters. The summed E-state index contributed by atoms with van der Waals surface area (Å²) < 4.78 is 1.80. The molecule has 0 saturated carbocycles. The predicted molar refractivity (Wildman–Crippen MR) is 67.4 cm³/mol. The quantitative estimate of drug-likeness (QED) is 0.686. The largest absolute Gasteiger partial charge is 0.354 e. The van der Waals surface area contributed by atoms with E-state index >= 15 is 0 Å². The van der Waals surface area contributed by atoms with Gasteiger partial charge in [-0.15, -0.1) is 0 Å². The van der Waals surface area contributed by atoms with E-state index in [1.54, 1.807) is 17.0 Å². The standard InChI is InChI=1S/C12H19N5O/c1-10(2)16-8-11-14-6-7-17(11)9-12(18)15-5-3-4-13/h6-7,10,16H,3,5,8-9H2,1-2H3,(H,15,18). The number of aromatic nitrogens is 2. The van der Waals surface area contributed by atoms with Crippen LogP contribution in [0.4, 0.5) is 0 Å². The third-order valence-corrected chi connectivity index (χ3v) is 2.34. The maximum absolute atomic E-state index is 11.6. The lowest BCUT2D eigenvalue weighted by Crippen LogP contribution is -2.30. The minimum Gasteiger partial charge on any atom is -0.354 e. The monoisotopic (exact) mass is 249 g/mol. The summed E-state index contributed by atoms with van der Waals surface area (Å²) in [5, 5.41) is 14.3. The second-order valence-electron chi connectivity index (χ2n) is 4.27. The highest BCUT2D eigenvalue weighted by Crippen LogP contribution is 1.98. The Labute approximate surface area is 107 Å². The molecule has 1 rings (SSSR count). The van der Waals surface area contributed by atoms with E-state index in [-0.39, 0.29) is 12.5 Å². The van der Waals surface area contributed by atoms with E-state index in [0.29, 0.717) is 25.6 Å². The first-order valence-corrected chi connectivity index (χ1v) is 6.00. The van der Waals surface area contributed by atoms with Gasteiger partial charge in [-0.3, -0.25) is 4.79 Å². The van der Waals surface area contributed by atoms with E-state index in [1.807, 2.05) is 6.07 Å². The lowest BCUT2D eigenvalue weighted by Gasteiger charge is -2.10. The molecule has 0 unspecified atom stereocenters. The van der Waals surface area contributed by atoms with Crippen molar-refractivity contribution >= 4 is 5.91 Å². The molecule has 6 heteroatoms. The second-order valence-corrected chi connectivity index (χ2v) is 4.27. The van der Waals surface area contributed by atoms with E-state index in [4.69, 9.17) is 5.26 Å². The van der Waals surface area contributed by atoms with Crippen molar-refractivity contribution in [1.82, 2.24) is 20.2 Å². The molecule has 0 spiro atoms. The zero-order valence-corrected chi connectivity index (χ0v) is 10.8. The molecule has 0 bridgehead atoms. The summed E-state index contributed by atoms with van der Waals surface area (Å²) in [6, 6.07) is 2.36.